The van der Waals surface area contributed by atoms with Crippen LogP contribution >= 0.6 is 11.8 Å². The Morgan fingerprint density at radius 2 is 2.50 bits per heavy atom. The number of carbonyl (C=O) groups excluding carboxylic acids is 1. The van der Waals surface area contributed by atoms with Crippen molar-refractivity contribution in [2.24, 2.45) is 0 Å². The molecule has 1 rings (SSSR count). The molecule has 0 aliphatic carbocycles. The fourth-order valence-corrected chi connectivity index (χ4v) is 1.57. The Bertz CT molecular complexity index is 414. The molecule has 0 unspecified atom stereocenters. The quantitative estimate of drug-likeness (QED) is 0.484. The predicted molar refractivity (Wildman–Crippen MR) is 62.0 cm³/mol. The van der Waals surface area contributed by atoms with Gasteiger partial charge in [-0.05, 0) is 17.4 Å². The molecule has 6 nitrogen and oxygen atoms in total. The van der Waals surface area contributed by atoms with Gasteiger partial charge in [-0.3, -0.25) is 4.79 Å². The number of nitrogens with one attached hydrogen (secondary N) is 1. The third-order valence-corrected chi connectivity index (χ3v) is 2.54. The predicted octanol–water partition coefficient (Wildman–Crippen LogP) is 2.00. The number of nitrogens with zero attached hydrogens (tertiary/aromatic N) is 2. The van der Waals surface area contributed by atoms with Crippen LogP contribution in [0.3, 0.4) is 0 Å². The molecule has 0 amide bonds. The molecular weight excluding hydrogens is 230 g/mol. The van der Waals surface area contributed by atoms with Crippen LogP contribution in [0.1, 0.15) is 19.0 Å². The smallest absolute Gasteiger partial charge is 0.347 e. The second kappa shape index (κ2) is 6.06. The van der Waals surface area contributed by atoms with Crippen LogP contribution in [0.5, 0.6) is 0 Å². The van der Waals surface area contributed by atoms with Crippen LogP contribution in [0, 0.1) is 10.1 Å². The van der Waals surface area contributed by atoms with Crippen molar-refractivity contribution in [3.05, 3.63) is 28.2 Å². The van der Waals surface area contributed by atoms with Gasteiger partial charge in [0.25, 0.3) is 0 Å². The van der Waals surface area contributed by atoms with Crippen molar-refractivity contribution in [3.8, 4) is 0 Å². The summed E-state index contributed by atoms with van der Waals surface area (Å²) >= 11 is 1.23. The molecule has 1 heterocycles. The summed E-state index contributed by atoms with van der Waals surface area (Å²) in [6, 6.07) is 0. The normalized spacial score (nSPS) is 10.8. The highest BCUT2D eigenvalue weighted by molar-refractivity contribution is 8.13. The minimum atomic E-state index is -0.517. The standard InChI is InChI=1S/C9H11N3O3S/c1-7(13)16-5-3-2-4-8-9(12(14)15)11-6-10-8/h2,4,6H,3,5H2,1H3,(H,10,11). The fraction of sp³-hybridized carbons (Fsp3) is 0.333. The second-order valence-corrected chi connectivity index (χ2v) is 4.20. The van der Waals surface area contributed by atoms with E-state index in [0.717, 1.165) is 0 Å². The van der Waals surface area contributed by atoms with E-state index >= 15 is 0 Å². The topological polar surface area (TPSA) is 88.9 Å². The average molecular weight is 241 g/mol. The van der Waals surface area contributed by atoms with Crippen LogP contribution in [0.2, 0.25) is 0 Å². The van der Waals surface area contributed by atoms with Gasteiger partial charge in [0.2, 0.25) is 0 Å². The maximum absolute atomic E-state index is 10.6. The Labute approximate surface area is 96.3 Å². The zero-order valence-corrected chi connectivity index (χ0v) is 9.49. The highest BCUT2D eigenvalue weighted by Crippen LogP contribution is 2.14. The summed E-state index contributed by atoms with van der Waals surface area (Å²) in [5, 5.41) is 10.6. The van der Waals surface area contributed by atoms with Crippen molar-refractivity contribution in [2.45, 2.75) is 13.3 Å². The lowest BCUT2D eigenvalue weighted by Crippen LogP contribution is -1.90. The minimum absolute atomic E-state index is 0.0687. The average Bonchev–Trinajstić information content (AvgIpc) is 2.65. The summed E-state index contributed by atoms with van der Waals surface area (Å²) in [5.74, 6) is 0.555. The Hall–Kier alpha value is -1.63. The first kappa shape index (κ1) is 12.4. The fourth-order valence-electron chi connectivity index (χ4n) is 1.03. The Kier molecular flexibility index (Phi) is 4.71. The number of hydrogen-bond donors (Lipinski definition) is 1. The van der Waals surface area contributed by atoms with Gasteiger partial charge in [-0.2, -0.15) is 0 Å². The molecule has 0 atom stereocenters. The molecule has 86 valence electrons. The van der Waals surface area contributed by atoms with Gasteiger partial charge in [0.15, 0.2) is 17.1 Å². The number of allylic oxidation sites excluding steroid dienone is 1. The molecule has 0 aliphatic heterocycles. The van der Waals surface area contributed by atoms with Crippen molar-refractivity contribution in [1.82, 2.24) is 9.97 Å². The third kappa shape index (κ3) is 3.85. The van der Waals surface area contributed by atoms with Crippen LogP contribution in [0.15, 0.2) is 12.4 Å². The van der Waals surface area contributed by atoms with Gasteiger partial charge in [-0.15, -0.1) is 0 Å². The van der Waals surface area contributed by atoms with Crippen LogP contribution in [0.4, 0.5) is 5.82 Å². The zero-order chi connectivity index (χ0) is 12.0. The van der Waals surface area contributed by atoms with Crippen molar-refractivity contribution < 1.29 is 9.72 Å². The monoisotopic (exact) mass is 241 g/mol. The van der Waals surface area contributed by atoms with E-state index in [9.17, 15) is 14.9 Å². The molecular formula is C9H11N3O3S. The molecule has 0 radical (unpaired) electrons. The summed E-state index contributed by atoms with van der Waals surface area (Å²) in [7, 11) is 0. The number of nitro groups is 1. The molecule has 1 aromatic rings. The van der Waals surface area contributed by atoms with E-state index in [-0.39, 0.29) is 10.9 Å². The van der Waals surface area contributed by atoms with Crippen molar-refractivity contribution in [2.75, 3.05) is 5.75 Å². The molecule has 0 aliphatic rings. The number of rotatable bonds is 5. The van der Waals surface area contributed by atoms with Crippen molar-refractivity contribution in [1.29, 1.82) is 0 Å². The molecule has 0 fully saturated rings. The molecule has 1 aromatic heterocycles. The van der Waals surface area contributed by atoms with Gasteiger partial charge in [0.1, 0.15) is 0 Å². The molecule has 16 heavy (non-hydrogen) atoms. The number of imidazole rings is 1. The molecule has 0 bridgehead atoms. The lowest BCUT2D eigenvalue weighted by molar-refractivity contribution is -0.389. The lowest BCUT2D eigenvalue weighted by Gasteiger charge is -1.92. The van der Waals surface area contributed by atoms with E-state index in [1.165, 1.54) is 25.0 Å². The van der Waals surface area contributed by atoms with Gasteiger partial charge in [-0.1, -0.05) is 17.8 Å². The third-order valence-electron chi connectivity index (χ3n) is 1.70. The van der Waals surface area contributed by atoms with Gasteiger partial charge in [0, 0.05) is 12.7 Å². The maximum atomic E-state index is 10.6. The highest BCUT2D eigenvalue weighted by atomic mass is 32.2. The summed E-state index contributed by atoms with van der Waals surface area (Å²) < 4.78 is 0. The SMILES string of the molecule is CC(=O)SCCC=Cc1nc[nH]c1[N+](=O)[O-]. The van der Waals surface area contributed by atoms with E-state index in [0.29, 0.717) is 17.9 Å². The number of aromatic nitrogens is 2. The molecule has 0 saturated heterocycles. The number of hydrogen-bond acceptors (Lipinski definition) is 5. The lowest BCUT2D eigenvalue weighted by atomic mass is 10.3. The molecule has 0 saturated carbocycles. The summed E-state index contributed by atoms with van der Waals surface area (Å²) in [6.07, 6.45) is 5.30. The van der Waals surface area contributed by atoms with Gasteiger partial charge in [0.05, 0.1) is 0 Å². The maximum Gasteiger partial charge on any atom is 0.347 e. The van der Waals surface area contributed by atoms with Crippen molar-refractivity contribution >= 4 is 28.8 Å². The number of aromatic amines is 1. The minimum Gasteiger partial charge on any atom is -0.358 e. The van der Waals surface area contributed by atoms with Gasteiger partial charge < -0.3 is 10.1 Å². The number of thioether (sulfide) groups is 1. The number of carbonyl (C=O) groups is 1. The molecule has 0 spiro atoms. The summed E-state index contributed by atoms with van der Waals surface area (Å²) in [4.78, 5) is 26.9. The Morgan fingerprint density at radius 1 is 1.75 bits per heavy atom. The van der Waals surface area contributed by atoms with Gasteiger partial charge in [-0.25, -0.2) is 9.97 Å². The van der Waals surface area contributed by atoms with E-state index in [2.05, 4.69) is 9.97 Å². The van der Waals surface area contributed by atoms with Crippen LogP contribution in [-0.4, -0.2) is 25.8 Å². The largest absolute Gasteiger partial charge is 0.358 e. The summed E-state index contributed by atoms with van der Waals surface area (Å²) in [5.41, 5.74) is 0.304. The van der Waals surface area contributed by atoms with E-state index in [1.54, 1.807) is 12.2 Å². The second-order valence-electron chi connectivity index (χ2n) is 2.92. The van der Waals surface area contributed by atoms with E-state index in [4.69, 9.17) is 0 Å². The van der Waals surface area contributed by atoms with E-state index in [1.807, 2.05) is 0 Å². The first-order valence-electron chi connectivity index (χ1n) is 4.59. The molecule has 1 N–H and O–H groups in total. The summed E-state index contributed by atoms with van der Waals surface area (Å²) in [6.45, 7) is 1.51. The highest BCUT2D eigenvalue weighted by Gasteiger charge is 2.11. The van der Waals surface area contributed by atoms with Crippen LogP contribution < -0.4 is 0 Å². The first-order valence-corrected chi connectivity index (χ1v) is 5.57. The first-order chi connectivity index (χ1) is 7.61. The Balaban J connectivity index is 2.47. The van der Waals surface area contributed by atoms with E-state index < -0.39 is 4.92 Å². The van der Waals surface area contributed by atoms with Crippen LogP contribution in [0.25, 0.3) is 6.08 Å². The number of H-pyrrole nitrogens is 1. The molecule has 0 aromatic carbocycles. The van der Waals surface area contributed by atoms with Gasteiger partial charge >= 0.3 is 5.82 Å². The van der Waals surface area contributed by atoms with Crippen LogP contribution in [-0.2, 0) is 4.79 Å². The zero-order valence-electron chi connectivity index (χ0n) is 8.67. The Morgan fingerprint density at radius 3 is 3.12 bits per heavy atom. The molecule has 7 heteroatoms. The van der Waals surface area contributed by atoms with Crippen molar-refractivity contribution in [3.63, 3.8) is 0 Å².